The molecule has 4 nitrogen and oxygen atoms in total. The second-order valence-electron chi connectivity index (χ2n) is 3.78. The molecule has 1 N–H and O–H groups in total. The number of carbonyl (C=O) groups excluding carboxylic acids is 1. The number of hydrogen-bond donors (Lipinski definition) is 1. The van der Waals surface area contributed by atoms with Gasteiger partial charge in [-0.15, -0.1) is 0 Å². The molecule has 0 aromatic heterocycles. The molecule has 1 fully saturated rings. The SMILES string of the molecule is CCN(C(=O)Oc1ccccc1)C1CNC1. The van der Waals surface area contributed by atoms with Crippen molar-refractivity contribution in [2.75, 3.05) is 19.6 Å². The monoisotopic (exact) mass is 220 g/mol. The van der Waals surface area contributed by atoms with E-state index < -0.39 is 0 Å². The molecule has 16 heavy (non-hydrogen) atoms. The van der Waals surface area contributed by atoms with Crippen LogP contribution < -0.4 is 10.1 Å². The van der Waals surface area contributed by atoms with E-state index in [9.17, 15) is 4.79 Å². The van der Waals surface area contributed by atoms with Crippen LogP contribution in [0, 0.1) is 0 Å². The predicted molar refractivity (Wildman–Crippen MR) is 61.5 cm³/mol. The van der Waals surface area contributed by atoms with Crippen LogP contribution in [0.1, 0.15) is 6.92 Å². The molecule has 86 valence electrons. The Morgan fingerprint density at radius 2 is 2.12 bits per heavy atom. The Hall–Kier alpha value is -1.55. The third-order valence-corrected chi connectivity index (χ3v) is 2.72. The lowest BCUT2D eigenvalue weighted by molar-refractivity contribution is 0.116. The van der Waals surface area contributed by atoms with E-state index in [1.165, 1.54) is 0 Å². The third-order valence-electron chi connectivity index (χ3n) is 2.72. The van der Waals surface area contributed by atoms with Crippen LogP contribution in [0.15, 0.2) is 30.3 Å². The van der Waals surface area contributed by atoms with Gasteiger partial charge in [0.05, 0.1) is 6.04 Å². The van der Waals surface area contributed by atoms with Crippen LogP contribution in [0.4, 0.5) is 4.79 Å². The van der Waals surface area contributed by atoms with E-state index in [0.717, 1.165) is 13.1 Å². The van der Waals surface area contributed by atoms with Gasteiger partial charge >= 0.3 is 6.09 Å². The van der Waals surface area contributed by atoms with Crippen molar-refractivity contribution < 1.29 is 9.53 Å². The van der Waals surface area contributed by atoms with Crippen molar-refractivity contribution in [2.24, 2.45) is 0 Å². The average molecular weight is 220 g/mol. The van der Waals surface area contributed by atoms with Crippen molar-refractivity contribution in [3.63, 3.8) is 0 Å². The summed E-state index contributed by atoms with van der Waals surface area (Å²) in [4.78, 5) is 13.6. The third kappa shape index (κ3) is 2.33. The van der Waals surface area contributed by atoms with E-state index in [1.54, 1.807) is 17.0 Å². The Morgan fingerprint density at radius 1 is 1.44 bits per heavy atom. The molecule has 1 heterocycles. The van der Waals surface area contributed by atoms with E-state index in [0.29, 0.717) is 12.3 Å². The Morgan fingerprint density at radius 3 is 2.62 bits per heavy atom. The Labute approximate surface area is 95.2 Å². The summed E-state index contributed by atoms with van der Waals surface area (Å²) in [7, 11) is 0. The van der Waals surface area contributed by atoms with E-state index in [-0.39, 0.29) is 12.1 Å². The molecule has 0 aliphatic carbocycles. The van der Waals surface area contributed by atoms with E-state index in [4.69, 9.17) is 4.74 Å². The molecule has 2 rings (SSSR count). The lowest BCUT2D eigenvalue weighted by Crippen LogP contribution is -2.59. The molecule has 1 aliphatic rings. The molecule has 4 heteroatoms. The van der Waals surface area contributed by atoms with Gasteiger partial charge in [-0.2, -0.15) is 0 Å². The fourth-order valence-corrected chi connectivity index (χ4v) is 1.68. The van der Waals surface area contributed by atoms with Crippen LogP contribution in [0.2, 0.25) is 0 Å². The Bertz CT molecular complexity index is 349. The maximum Gasteiger partial charge on any atom is 0.415 e. The van der Waals surface area contributed by atoms with Gasteiger partial charge in [0.1, 0.15) is 5.75 Å². The summed E-state index contributed by atoms with van der Waals surface area (Å²) in [5.74, 6) is 0.596. The number of carbonyl (C=O) groups is 1. The summed E-state index contributed by atoms with van der Waals surface area (Å²) in [6.07, 6.45) is -0.264. The standard InChI is InChI=1S/C12H16N2O2/c1-2-14(10-8-13-9-10)12(15)16-11-6-4-3-5-7-11/h3-7,10,13H,2,8-9H2,1H3. The molecule has 0 saturated carbocycles. The van der Waals surface area contributed by atoms with Crippen molar-refractivity contribution in [2.45, 2.75) is 13.0 Å². The molecular weight excluding hydrogens is 204 g/mol. The number of nitrogens with zero attached hydrogens (tertiary/aromatic N) is 1. The number of rotatable bonds is 3. The molecule has 0 spiro atoms. The maximum atomic E-state index is 11.9. The van der Waals surface area contributed by atoms with Crippen LogP contribution in [0.3, 0.4) is 0 Å². The van der Waals surface area contributed by atoms with Gasteiger partial charge in [-0.25, -0.2) is 4.79 Å². The van der Waals surface area contributed by atoms with Crippen LogP contribution in [-0.2, 0) is 0 Å². The Balaban J connectivity index is 1.95. The first-order chi connectivity index (χ1) is 7.81. The minimum Gasteiger partial charge on any atom is -0.410 e. The minimum atomic E-state index is -0.264. The number of hydrogen-bond acceptors (Lipinski definition) is 3. The molecule has 0 bridgehead atoms. The summed E-state index contributed by atoms with van der Waals surface area (Å²) >= 11 is 0. The number of benzene rings is 1. The van der Waals surface area contributed by atoms with Crippen molar-refractivity contribution in [3.05, 3.63) is 30.3 Å². The number of amides is 1. The van der Waals surface area contributed by atoms with Gasteiger partial charge in [0.25, 0.3) is 0 Å². The molecule has 1 amide bonds. The minimum absolute atomic E-state index is 0.264. The van der Waals surface area contributed by atoms with E-state index >= 15 is 0 Å². The normalized spacial score (nSPS) is 15.3. The highest BCUT2D eigenvalue weighted by Gasteiger charge is 2.28. The van der Waals surface area contributed by atoms with Gasteiger partial charge < -0.3 is 15.0 Å². The number of likely N-dealkylation sites (N-methyl/N-ethyl adjacent to an activating group) is 1. The fraction of sp³-hybridized carbons (Fsp3) is 0.417. The molecule has 1 saturated heterocycles. The lowest BCUT2D eigenvalue weighted by atomic mass is 10.1. The number of para-hydroxylation sites is 1. The maximum absolute atomic E-state index is 11.9. The average Bonchev–Trinajstić information content (AvgIpc) is 2.24. The van der Waals surface area contributed by atoms with Gasteiger partial charge in [0.2, 0.25) is 0 Å². The summed E-state index contributed by atoms with van der Waals surface area (Å²) in [5, 5.41) is 3.15. The first-order valence-electron chi connectivity index (χ1n) is 5.55. The molecule has 1 aromatic carbocycles. The van der Waals surface area contributed by atoms with Gasteiger partial charge in [-0.3, -0.25) is 0 Å². The van der Waals surface area contributed by atoms with E-state index in [2.05, 4.69) is 5.32 Å². The van der Waals surface area contributed by atoms with Crippen LogP contribution in [-0.4, -0.2) is 36.7 Å². The topological polar surface area (TPSA) is 41.6 Å². The van der Waals surface area contributed by atoms with E-state index in [1.807, 2.05) is 25.1 Å². The fourth-order valence-electron chi connectivity index (χ4n) is 1.68. The number of ether oxygens (including phenoxy) is 1. The van der Waals surface area contributed by atoms with Crippen LogP contribution >= 0.6 is 0 Å². The van der Waals surface area contributed by atoms with Crippen molar-refractivity contribution >= 4 is 6.09 Å². The van der Waals surface area contributed by atoms with Crippen molar-refractivity contribution in [3.8, 4) is 5.75 Å². The first-order valence-corrected chi connectivity index (χ1v) is 5.55. The molecule has 1 aliphatic heterocycles. The van der Waals surface area contributed by atoms with Crippen LogP contribution in [0.25, 0.3) is 0 Å². The summed E-state index contributed by atoms with van der Waals surface area (Å²) in [6, 6.07) is 9.44. The van der Waals surface area contributed by atoms with Gasteiger partial charge in [-0.1, -0.05) is 18.2 Å². The summed E-state index contributed by atoms with van der Waals surface area (Å²) < 4.78 is 5.28. The summed E-state index contributed by atoms with van der Waals surface area (Å²) in [5.41, 5.74) is 0. The molecular formula is C12H16N2O2. The Kier molecular flexibility index (Phi) is 3.41. The highest BCUT2D eigenvalue weighted by Crippen LogP contribution is 2.12. The predicted octanol–water partition coefficient (Wildman–Crippen LogP) is 1.48. The van der Waals surface area contributed by atoms with Gasteiger partial charge in [-0.05, 0) is 19.1 Å². The first kappa shape index (κ1) is 11.0. The zero-order valence-electron chi connectivity index (χ0n) is 9.35. The lowest BCUT2D eigenvalue weighted by Gasteiger charge is -2.36. The zero-order chi connectivity index (χ0) is 11.4. The zero-order valence-corrected chi connectivity index (χ0v) is 9.35. The van der Waals surface area contributed by atoms with Crippen molar-refractivity contribution in [1.29, 1.82) is 0 Å². The molecule has 1 aromatic rings. The molecule has 0 unspecified atom stereocenters. The highest BCUT2D eigenvalue weighted by molar-refractivity contribution is 5.71. The van der Waals surface area contributed by atoms with Crippen LogP contribution in [0.5, 0.6) is 5.75 Å². The highest BCUT2D eigenvalue weighted by atomic mass is 16.6. The molecule has 0 radical (unpaired) electrons. The second kappa shape index (κ2) is 4.99. The molecule has 0 atom stereocenters. The number of nitrogens with one attached hydrogen (secondary N) is 1. The van der Waals surface area contributed by atoms with Gasteiger partial charge in [0.15, 0.2) is 0 Å². The smallest absolute Gasteiger partial charge is 0.410 e. The quantitative estimate of drug-likeness (QED) is 0.839. The van der Waals surface area contributed by atoms with Crippen molar-refractivity contribution in [1.82, 2.24) is 10.2 Å². The second-order valence-corrected chi connectivity index (χ2v) is 3.78. The summed E-state index contributed by atoms with van der Waals surface area (Å²) in [6.45, 7) is 4.36. The van der Waals surface area contributed by atoms with Gasteiger partial charge in [0, 0.05) is 19.6 Å². The largest absolute Gasteiger partial charge is 0.415 e.